The van der Waals surface area contributed by atoms with Gasteiger partial charge in [0, 0.05) is 30.4 Å². The molecule has 176 valence electrons. The van der Waals surface area contributed by atoms with E-state index in [2.05, 4.69) is 52.3 Å². The molecule has 10 heteroatoms. The zero-order valence-electron chi connectivity index (χ0n) is 18.7. The molecule has 7 nitrogen and oxygen atoms in total. The predicted octanol–water partition coefficient (Wildman–Crippen LogP) is 5.44. The van der Waals surface area contributed by atoms with Crippen LogP contribution in [0.3, 0.4) is 0 Å². The molecule has 0 saturated heterocycles. The number of nitrogens with zero attached hydrogens (tertiary/aromatic N) is 5. The first-order chi connectivity index (χ1) is 16.3. The van der Waals surface area contributed by atoms with Crippen LogP contribution in [0.25, 0.3) is 22.6 Å². The lowest BCUT2D eigenvalue weighted by atomic mass is 9.90. The van der Waals surface area contributed by atoms with Crippen LogP contribution in [0.4, 0.5) is 13.2 Å². The Morgan fingerprint density at radius 2 is 2.00 bits per heavy atom. The molecular formula is C24H23F3N6O. The normalized spacial score (nSPS) is 15.9. The first kappa shape index (κ1) is 22.1. The average Bonchev–Trinajstić information content (AvgIpc) is 3.49. The summed E-state index contributed by atoms with van der Waals surface area (Å²) in [6.45, 7) is 5.68. The Morgan fingerprint density at radius 3 is 2.79 bits per heavy atom. The molecule has 1 aromatic carbocycles. The van der Waals surface area contributed by atoms with Gasteiger partial charge in [0.25, 0.3) is 0 Å². The molecule has 0 saturated carbocycles. The van der Waals surface area contributed by atoms with Crippen LogP contribution >= 0.6 is 0 Å². The van der Waals surface area contributed by atoms with Gasteiger partial charge in [-0.15, -0.1) is 5.10 Å². The van der Waals surface area contributed by atoms with E-state index in [0.717, 1.165) is 12.2 Å². The van der Waals surface area contributed by atoms with Gasteiger partial charge in [-0.05, 0) is 41.7 Å². The van der Waals surface area contributed by atoms with Gasteiger partial charge >= 0.3 is 6.18 Å². The van der Waals surface area contributed by atoms with E-state index >= 15 is 0 Å². The van der Waals surface area contributed by atoms with E-state index in [9.17, 15) is 13.2 Å². The second-order valence-corrected chi connectivity index (χ2v) is 8.70. The fourth-order valence-corrected chi connectivity index (χ4v) is 4.22. The van der Waals surface area contributed by atoms with Crippen molar-refractivity contribution in [2.75, 3.05) is 6.61 Å². The van der Waals surface area contributed by atoms with Crippen molar-refractivity contribution in [2.45, 2.75) is 44.8 Å². The SMILES string of the molecule is CC(C)c1ccc2c(c1)OCC[C@H]2Cn1cnc(-c2cc(-c3nn[nH]c3C(F)(F)F)ccn2)c1. The number of alkyl halides is 3. The fourth-order valence-electron chi connectivity index (χ4n) is 4.22. The first-order valence-electron chi connectivity index (χ1n) is 11.0. The number of halogens is 3. The molecule has 1 N–H and O–H groups in total. The Morgan fingerprint density at radius 1 is 1.15 bits per heavy atom. The lowest BCUT2D eigenvalue weighted by molar-refractivity contribution is -0.140. The number of imidazole rings is 1. The van der Waals surface area contributed by atoms with E-state index in [1.54, 1.807) is 6.33 Å². The van der Waals surface area contributed by atoms with E-state index in [-0.39, 0.29) is 17.2 Å². The van der Waals surface area contributed by atoms with Crippen molar-refractivity contribution in [2.24, 2.45) is 0 Å². The lowest BCUT2D eigenvalue weighted by Gasteiger charge is -2.27. The Labute approximate surface area is 194 Å². The largest absolute Gasteiger partial charge is 0.493 e. The Bertz CT molecular complexity index is 1310. The number of hydrogen-bond acceptors (Lipinski definition) is 5. The van der Waals surface area contributed by atoms with Crippen molar-refractivity contribution in [3.8, 4) is 28.4 Å². The third-order valence-electron chi connectivity index (χ3n) is 6.06. The standard InChI is InChI=1S/C24H23F3N6O/c1-14(2)15-3-4-18-17(6-8-34-21(18)10-15)11-33-12-20(29-13-33)19-9-16(5-7-28-19)22-23(24(25,26)27)31-32-30-22/h3-5,7,9-10,12-14,17H,6,8,11H2,1-2H3,(H,30,31,32)/t17-/m0/s1. The first-order valence-corrected chi connectivity index (χ1v) is 11.0. The molecule has 0 amide bonds. The quantitative estimate of drug-likeness (QED) is 0.422. The molecule has 0 spiro atoms. The molecule has 34 heavy (non-hydrogen) atoms. The minimum Gasteiger partial charge on any atom is -0.493 e. The highest BCUT2D eigenvalue weighted by atomic mass is 19.4. The highest BCUT2D eigenvalue weighted by molar-refractivity contribution is 5.67. The fraction of sp³-hybridized carbons (Fsp3) is 0.333. The van der Waals surface area contributed by atoms with E-state index < -0.39 is 11.9 Å². The summed E-state index contributed by atoms with van der Waals surface area (Å²) in [5.41, 5.74) is 2.46. The van der Waals surface area contributed by atoms with E-state index in [0.29, 0.717) is 30.5 Å². The molecule has 0 unspecified atom stereocenters. The number of pyridine rings is 1. The van der Waals surface area contributed by atoms with Crippen molar-refractivity contribution in [3.05, 3.63) is 65.9 Å². The van der Waals surface area contributed by atoms with E-state index in [4.69, 9.17) is 4.74 Å². The molecule has 0 fully saturated rings. The summed E-state index contributed by atoms with van der Waals surface area (Å²) in [6, 6.07) is 9.43. The van der Waals surface area contributed by atoms with Crippen LogP contribution in [-0.4, -0.2) is 36.6 Å². The monoisotopic (exact) mass is 468 g/mol. The van der Waals surface area contributed by atoms with Gasteiger partial charge in [-0.25, -0.2) is 4.98 Å². The van der Waals surface area contributed by atoms with Gasteiger partial charge in [-0.3, -0.25) is 10.1 Å². The Balaban J connectivity index is 1.38. The van der Waals surface area contributed by atoms with Gasteiger partial charge < -0.3 is 9.30 Å². The van der Waals surface area contributed by atoms with Crippen LogP contribution in [-0.2, 0) is 12.7 Å². The number of aromatic nitrogens is 6. The van der Waals surface area contributed by atoms with Crippen molar-refractivity contribution in [1.82, 2.24) is 29.9 Å². The summed E-state index contributed by atoms with van der Waals surface area (Å²) in [4.78, 5) is 8.74. The summed E-state index contributed by atoms with van der Waals surface area (Å²) in [5, 5.41) is 8.88. The number of H-pyrrole nitrogens is 1. The maximum absolute atomic E-state index is 13.2. The van der Waals surface area contributed by atoms with Gasteiger partial charge in [0.05, 0.1) is 18.6 Å². The smallest absolute Gasteiger partial charge is 0.435 e. The summed E-state index contributed by atoms with van der Waals surface area (Å²) >= 11 is 0. The van der Waals surface area contributed by atoms with Crippen LogP contribution in [0, 0.1) is 0 Å². The van der Waals surface area contributed by atoms with Crippen LogP contribution in [0.1, 0.15) is 48.9 Å². The number of nitrogens with one attached hydrogen (secondary N) is 1. The van der Waals surface area contributed by atoms with Crippen molar-refractivity contribution < 1.29 is 17.9 Å². The molecule has 1 aliphatic heterocycles. The van der Waals surface area contributed by atoms with E-state index in [1.165, 1.54) is 29.5 Å². The minimum atomic E-state index is -4.58. The topological polar surface area (TPSA) is 81.5 Å². The molecule has 1 aliphatic rings. The highest BCUT2D eigenvalue weighted by Crippen LogP contribution is 2.37. The molecular weight excluding hydrogens is 445 g/mol. The highest BCUT2D eigenvalue weighted by Gasteiger charge is 2.37. The van der Waals surface area contributed by atoms with Crippen LogP contribution < -0.4 is 4.74 Å². The molecule has 0 bridgehead atoms. The number of rotatable bonds is 5. The number of fused-ring (bicyclic) bond motifs is 1. The predicted molar refractivity (Wildman–Crippen MR) is 119 cm³/mol. The molecule has 5 rings (SSSR count). The van der Waals surface area contributed by atoms with Gasteiger partial charge in [-0.1, -0.05) is 31.2 Å². The van der Waals surface area contributed by atoms with Gasteiger partial charge in [0.15, 0.2) is 5.69 Å². The molecule has 0 radical (unpaired) electrons. The number of ether oxygens (including phenoxy) is 1. The third-order valence-corrected chi connectivity index (χ3v) is 6.06. The third kappa shape index (κ3) is 4.27. The lowest BCUT2D eigenvalue weighted by Crippen LogP contribution is -2.18. The van der Waals surface area contributed by atoms with E-state index in [1.807, 2.05) is 15.9 Å². The zero-order valence-corrected chi connectivity index (χ0v) is 18.7. The molecule has 4 aromatic rings. The number of aromatic amines is 1. The van der Waals surface area contributed by atoms with Gasteiger partial charge in [0.2, 0.25) is 0 Å². The summed E-state index contributed by atoms with van der Waals surface area (Å²) in [7, 11) is 0. The molecule has 4 heterocycles. The average molecular weight is 468 g/mol. The van der Waals surface area contributed by atoms with Crippen LogP contribution in [0.15, 0.2) is 49.1 Å². The molecule has 3 aromatic heterocycles. The van der Waals surface area contributed by atoms with Crippen molar-refractivity contribution in [3.63, 3.8) is 0 Å². The summed E-state index contributed by atoms with van der Waals surface area (Å²) < 4.78 is 47.6. The molecule has 0 aliphatic carbocycles. The second kappa shape index (κ2) is 8.58. The Kier molecular flexibility index (Phi) is 5.59. The zero-order chi connectivity index (χ0) is 23.9. The molecule has 1 atom stereocenters. The van der Waals surface area contributed by atoms with Crippen molar-refractivity contribution >= 4 is 0 Å². The van der Waals surface area contributed by atoms with Crippen LogP contribution in [0.5, 0.6) is 5.75 Å². The summed E-state index contributed by atoms with van der Waals surface area (Å²) in [6.07, 6.45) is 1.33. The van der Waals surface area contributed by atoms with Crippen molar-refractivity contribution in [1.29, 1.82) is 0 Å². The number of hydrogen-bond donors (Lipinski definition) is 1. The maximum atomic E-state index is 13.2. The second-order valence-electron chi connectivity index (χ2n) is 8.70. The van der Waals surface area contributed by atoms with Crippen LogP contribution in [0.2, 0.25) is 0 Å². The Hall–Kier alpha value is -3.69. The van der Waals surface area contributed by atoms with Gasteiger partial charge in [0.1, 0.15) is 17.1 Å². The maximum Gasteiger partial charge on any atom is 0.435 e. The summed E-state index contributed by atoms with van der Waals surface area (Å²) in [5.74, 6) is 1.64. The van der Waals surface area contributed by atoms with Gasteiger partial charge in [-0.2, -0.15) is 13.2 Å². The number of benzene rings is 1. The minimum absolute atomic E-state index is 0.264.